The molecule has 0 saturated carbocycles. The number of hydrazine groups is 1. The molecule has 9 heteroatoms. The van der Waals surface area contributed by atoms with Crippen molar-refractivity contribution < 1.29 is 14.6 Å². The molecule has 2 aromatic rings. The van der Waals surface area contributed by atoms with Crippen LogP contribution in [0.5, 0.6) is 0 Å². The number of non-ortho nitro benzene ring substituents is 1. The molecule has 0 aliphatic carbocycles. The van der Waals surface area contributed by atoms with Crippen LogP contribution in [-0.2, 0) is 0 Å². The molecule has 1 amide bonds. The number of benzene rings is 2. The maximum Gasteiger partial charge on any atom is 0.282 e. The van der Waals surface area contributed by atoms with E-state index in [0.29, 0.717) is 5.69 Å². The number of nitro benzene ring substituents is 2. The molecule has 112 valence electrons. The van der Waals surface area contributed by atoms with Crippen LogP contribution in [0.4, 0.5) is 17.1 Å². The summed E-state index contributed by atoms with van der Waals surface area (Å²) < 4.78 is 0. The molecule has 0 saturated heterocycles. The van der Waals surface area contributed by atoms with E-state index in [1.54, 1.807) is 0 Å². The van der Waals surface area contributed by atoms with Crippen molar-refractivity contribution in [3.05, 3.63) is 74.3 Å². The van der Waals surface area contributed by atoms with Crippen molar-refractivity contribution in [1.29, 1.82) is 0 Å². The van der Waals surface area contributed by atoms with Crippen LogP contribution in [0.2, 0.25) is 0 Å². The Hall–Kier alpha value is -3.49. The lowest BCUT2D eigenvalue weighted by Gasteiger charge is -2.08. The lowest BCUT2D eigenvalue weighted by Crippen LogP contribution is -2.29. The van der Waals surface area contributed by atoms with Crippen LogP contribution in [-0.4, -0.2) is 15.8 Å². The monoisotopic (exact) mass is 302 g/mol. The highest BCUT2D eigenvalue weighted by molar-refractivity contribution is 5.98. The number of nitro groups is 2. The smallest absolute Gasteiger partial charge is 0.282 e. The van der Waals surface area contributed by atoms with Gasteiger partial charge in [-0.25, -0.2) is 0 Å². The second-order valence-corrected chi connectivity index (χ2v) is 4.16. The van der Waals surface area contributed by atoms with E-state index in [2.05, 4.69) is 10.9 Å². The quantitative estimate of drug-likeness (QED) is 0.644. The van der Waals surface area contributed by atoms with Crippen LogP contribution in [0.1, 0.15) is 10.4 Å². The Morgan fingerprint density at radius 1 is 0.909 bits per heavy atom. The van der Waals surface area contributed by atoms with Crippen molar-refractivity contribution in [2.24, 2.45) is 0 Å². The van der Waals surface area contributed by atoms with Gasteiger partial charge in [-0.2, -0.15) is 0 Å². The molecule has 2 rings (SSSR count). The summed E-state index contributed by atoms with van der Waals surface area (Å²) in [4.78, 5) is 32.1. The molecule has 0 spiro atoms. The highest BCUT2D eigenvalue weighted by Gasteiger charge is 2.18. The molecule has 9 nitrogen and oxygen atoms in total. The average Bonchev–Trinajstić information content (AvgIpc) is 2.53. The second kappa shape index (κ2) is 6.31. The van der Waals surface area contributed by atoms with Crippen molar-refractivity contribution in [2.45, 2.75) is 0 Å². The van der Waals surface area contributed by atoms with Crippen molar-refractivity contribution >= 4 is 23.0 Å². The number of rotatable bonds is 5. The molecule has 22 heavy (non-hydrogen) atoms. The number of amides is 1. The largest absolute Gasteiger partial charge is 0.298 e. The van der Waals surface area contributed by atoms with Gasteiger partial charge in [0.15, 0.2) is 0 Å². The second-order valence-electron chi connectivity index (χ2n) is 4.16. The molecule has 0 heterocycles. The van der Waals surface area contributed by atoms with Crippen LogP contribution >= 0.6 is 0 Å². The maximum atomic E-state index is 11.9. The number of hydrogen-bond donors (Lipinski definition) is 2. The molecule has 0 radical (unpaired) electrons. The van der Waals surface area contributed by atoms with E-state index in [-0.39, 0.29) is 16.9 Å². The van der Waals surface area contributed by atoms with E-state index in [0.717, 1.165) is 0 Å². The predicted octanol–water partition coefficient (Wildman–Crippen LogP) is 2.26. The summed E-state index contributed by atoms with van der Waals surface area (Å²) in [7, 11) is 0. The first-order valence-electron chi connectivity index (χ1n) is 6.03. The van der Waals surface area contributed by atoms with E-state index in [4.69, 9.17) is 0 Å². The number of carbonyl (C=O) groups is 1. The SMILES string of the molecule is O=C(NNc1ccc([N+](=O)[O-])cc1)c1ccccc1[N+](=O)[O-]. The van der Waals surface area contributed by atoms with E-state index in [9.17, 15) is 25.0 Å². The lowest BCUT2D eigenvalue weighted by atomic mass is 10.2. The first kappa shape index (κ1) is 14.9. The Bertz CT molecular complexity index is 729. The number of hydrogen-bond acceptors (Lipinski definition) is 6. The Kier molecular flexibility index (Phi) is 4.27. The standard InChI is InChI=1S/C13H10N4O5/c18-13(11-3-1-2-4-12(11)17(21)22)15-14-9-5-7-10(8-6-9)16(19)20/h1-8,14H,(H,15,18). The van der Waals surface area contributed by atoms with Gasteiger partial charge in [0, 0.05) is 18.2 Å². The summed E-state index contributed by atoms with van der Waals surface area (Å²) in [6.07, 6.45) is 0. The van der Waals surface area contributed by atoms with Crippen molar-refractivity contribution in [3.63, 3.8) is 0 Å². The topological polar surface area (TPSA) is 127 Å². The molecule has 0 aliphatic rings. The zero-order valence-electron chi connectivity index (χ0n) is 11.1. The van der Waals surface area contributed by atoms with Gasteiger partial charge in [0.05, 0.1) is 15.5 Å². The van der Waals surface area contributed by atoms with Crippen LogP contribution in [0.25, 0.3) is 0 Å². The maximum absolute atomic E-state index is 11.9. The van der Waals surface area contributed by atoms with Crippen LogP contribution in [0, 0.1) is 20.2 Å². The number of para-hydroxylation sites is 1. The van der Waals surface area contributed by atoms with Crippen LogP contribution in [0.3, 0.4) is 0 Å². The molecule has 0 bridgehead atoms. The zero-order chi connectivity index (χ0) is 16.1. The fraction of sp³-hybridized carbons (Fsp3) is 0. The molecule has 2 aromatic carbocycles. The number of carbonyl (C=O) groups excluding carboxylic acids is 1. The molecule has 2 N–H and O–H groups in total. The van der Waals surface area contributed by atoms with Gasteiger partial charge in [-0.3, -0.25) is 35.9 Å². The van der Waals surface area contributed by atoms with Gasteiger partial charge in [0.25, 0.3) is 17.3 Å². The minimum atomic E-state index is -0.689. The zero-order valence-corrected chi connectivity index (χ0v) is 11.1. The highest BCUT2D eigenvalue weighted by atomic mass is 16.6. The van der Waals surface area contributed by atoms with E-state index < -0.39 is 15.8 Å². The summed E-state index contributed by atoms with van der Waals surface area (Å²) in [6, 6.07) is 10.8. The molecule has 0 atom stereocenters. The third kappa shape index (κ3) is 3.33. The molecule has 0 aromatic heterocycles. The summed E-state index contributed by atoms with van der Waals surface area (Å²) >= 11 is 0. The Labute approximate surface area is 123 Å². The van der Waals surface area contributed by atoms with Crippen molar-refractivity contribution in [1.82, 2.24) is 5.43 Å². The van der Waals surface area contributed by atoms with Gasteiger partial charge in [0.1, 0.15) is 5.56 Å². The van der Waals surface area contributed by atoms with Crippen LogP contribution in [0.15, 0.2) is 48.5 Å². The van der Waals surface area contributed by atoms with E-state index in [1.165, 1.54) is 48.5 Å². The minimum Gasteiger partial charge on any atom is -0.298 e. The molecule has 0 fully saturated rings. The Balaban J connectivity index is 2.07. The van der Waals surface area contributed by atoms with Gasteiger partial charge in [-0.1, -0.05) is 12.1 Å². The summed E-state index contributed by atoms with van der Waals surface area (Å²) in [5.41, 5.74) is 4.73. The summed E-state index contributed by atoms with van der Waals surface area (Å²) in [5.74, 6) is -0.689. The molecule has 0 aliphatic heterocycles. The lowest BCUT2D eigenvalue weighted by molar-refractivity contribution is -0.385. The summed E-state index contributed by atoms with van der Waals surface area (Å²) in [6.45, 7) is 0. The Morgan fingerprint density at radius 3 is 2.14 bits per heavy atom. The molecule has 0 unspecified atom stereocenters. The van der Waals surface area contributed by atoms with Gasteiger partial charge >= 0.3 is 0 Å². The van der Waals surface area contributed by atoms with E-state index >= 15 is 0 Å². The third-order valence-corrected chi connectivity index (χ3v) is 2.74. The van der Waals surface area contributed by atoms with Gasteiger partial charge in [-0.05, 0) is 18.2 Å². The Morgan fingerprint density at radius 2 is 1.55 bits per heavy atom. The molecular weight excluding hydrogens is 292 g/mol. The average molecular weight is 302 g/mol. The number of nitrogens with one attached hydrogen (secondary N) is 2. The fourth-order valence-corrected chi connectivity index (χ4v) is 1.69. The minimum absolute atomic E-state index is 0.0874. The third-order valence-electron chi connectivity index (χ3n) is 2.74. The molecular formula is C13H10N4O5. The normalized spacial score (nSPS) is 9.82. The van der Waals surface area contributed by atoms with Gasteiger partial charge in [-0.15, -0.1) is 0 Å². The van der Waals surface area contributed by atoms with E-state index in [1.807, 2.05) is 0 Å². The number of nitrogens with zero attached hydrogens (tertiary/aromatic N) is 2. The number of anilines is 1. The van der Waals surface area contributed by atoms with Crippen molar-refractivity contribution in [2.75, 3.05) is 5.43 Å². The van der Waals surface area contributed by atoms with Crippen LogP contribution < -0.4 is 10.9 Å². The predicted molar refractivity (Wildman–Crippen MR) is 77.3 cm³/mol. The first-order chi connectivity index (χ1) is 10.5. The first-order valence-corrected chi connectivity index (χ1v) is 6.03. The van der Waals surface area contributed by atoms with Gasteiger partial charge in [0.2, 0.25) is 0 Å². The summed E-state index contributed by atoms with van der Waals surface area (Å²) in [5, 5.41) is 21.4. The fourth-order valence-electron chi connectivity index (χ4n) is 1.69. The van der Waals surface area contributed by atoms with Crippen molar-refractivity contribution in [3.8, 4) is 0 Å². The van der Waals surface area contributed by atoms with Gasteiger partial charge < -0.3 is 0 Å². The highest BCUT2D eigenvalue weighted by Crippen LogP contribution is 2.18.